The predicted octanol–water partition coefficient (Wildman–Crippen LogP) is 2.24. The molecule has 0 aliphatic heterocycles. The maximum atomic E-state index is 5.11. The number of hydrogen-bond donors (Lipinski definition) is 0. The Kier molecular flexibility index (Phi) is 4.99. The van der Waals surface area contributed by atoms with Crippen molar-refractivity contribution in [2.45, 2.75) is 6.42 Å². The number of alkyl halides is 1. The van der Waals surface area contributed by atoms with E-state index in [4.69, 9.17) is 9.47 Å². The molecule has 0 fully saturated rings. The quantitative estimate of drug-likeness (QED) is 0.623. The summed E-state index contributed by atoms with van der Waals surface area (Å²) in [6.07, 6.45) is 0.801. The molecule has 1 aromatic heterocycles. The molecule has 0 bridgehead atoms. The smallest absolute Gasteiger partial charge is 0.232 e. The fourth-order valence-corrected chi connectivity index (χ4v) is 1.19. The standard InChI is InChI=1S/C11H12BrNO2/c1-14-10-7-6-9(5-3-4-8-12)11(13-10)15-2/h6-7H,4,8H2,1-2H3. The average Bonchev–Trinajstić information content (AvgIpc) is 2.29. The summed E-state index contributed by atoms with van der Waals surface area (Å²) in [6.45, 7) is 0. The second-order valence-corrected chi connectivity index (χ2v) is 3.44. The Morgan fingerprint density at radius 2 is 2.13 bits per heavy atom. The Morgan fingerprint density at radius 1 is 1.33 bits per heavy atom. The Hall–Kier alpha value is -1.21. The van der Waals surface area contributed by atoms with Gasteiger partial charge in [0.05, 0.1) is 19.8 Å². The number of methoxy groups -OCH3 is 2. The van der Waals surface area contributed by atoms with Crippen molar-refractivity contribution in [3.63, 3.8) is 0 Å². The Bertz CT molecular complexity index is 382. The van der Waals surface area contributed by atoms with Crippen molar-refractivity contribution < 1.29 is 9.47 Å². The van der Waals surface area contributed by atoms with Gasteiger partial charge in [-0.1, -0.05) is 27.8 Å². The first-order valence-corrected chi connectivity index (χ1v) is 5.57. The third kappa shape index (κ3) is 3.45. The summed E-state index contributed by atoms with van der Waals surface area (Å²) in [6, 6.07) is 3.60. The van der Waals surface area contributed by atoms with Crippen LogP contribution in [0.15, 0.2) is 12.1 Å². The van der Waals surface area contributed by atoms with Crippen LogP contribution in [-0.2, 0) is 0 Å². The lowest BCUT2D eigenvalue weighted by Gasteiger charge is -2.04. The third-order valence-corrected chi connectivity index (χ3v) is 2.08. The highest BCUT2D eigenvalue weighted by molar-refractivity contribution is 9.09. The molecule has 4 heteroatoms. The number of nitrogens with zero attached hydrogens (tertiary/aromatic N) is 1. The summed E-state index contributed by atoms with van der Waals surface area (Å²) >= 11 is 3.31. The highest BCUT2D eigenvalue weighted by Crippen LogP contribution is 2.18. The molecule has 0 spiro atoms. The average molecular weight is 270 g/mol. The molecule has 0 unspecified atom stereocenters. The van der Waals surface area contributed by atoms with Gasteiger partial charge in [-0.3, -0.25) is 0 Å². The van der Waals surface area contributed by atoms with Crippen LogP contribution < -0.4 is 9.47 Å². The van der Waals surface area contributed by atoms with Crippen LogP contribution in [0, 0.1) is 11.8 Å². The topological polar surface area (TPSA) is 31.4 Å². The molecule has 0 aromatic carbocycles. The van der Waals surface area contributed by atoms with Crippen molar-refractivity contribution in [2.24, 2.45) is 0 Å². The Labute approximate surface area is 97.9 Å². The molecule has 15 heavy (non-hydrogen) atoms. The van der Waals surface area contributed by atoms with E-state index in [-0.39, 0.29) is 0 Å². The van der Waals surface area contributed by atoms with Gasteiger partial charge in [0, 0.05) is 17.8 Å². The van der Waals surface area contributed by atoms with E-state index in [2.05, 4.69) is 32.8 Å². The van der Waals surface area contributed by atoms with E-state index in [0.29, 0.717) is 11.8 Å². The van der Waals surface area contributed by atoms with Crippen LogP contribution in [0.25, 0.3) is 0 Å². The summed E-state index contributed by atoms with van der Waals surface area (Å²) in [5.41, 5.74) is 0.777. The molecule has 80 valence electrons. The molecule has 0 amide bonds. The van der Waals surface area contributed by atoms with Crippen LogP contribution in [0.1, 0.15) is 12.0 Å². The SMILES string of the molecule is COc1ccc(C#CCCBr)c(OC)n1. The molecule has 0 aliphatic carbocycles. The Morgan fingerprint density at radius 3 is 2.73 bits per heavy atom. The fraction of sp³-hybridized carbons (Fsp3) is 0.364. The highest BCUT2D eigenvalue weighted by atomic mass is 79.9. The first-order valence-electron chi connectivity index (χ1n) is 4.45. The lowest BCUT2D eigenvalue weighted by molar-refractivity contribution is 0.364. The number of hydrogen-bond acceptors (Lipinski definition) is 3. The number of halogens is 1. The van der Waals surface area contributed by atoms with Gasteiger partial charge in [0.25, 0.3) is 0 Å². The molecule has 0 saturated carbocycles. The van der Waals surface area contributed by atoms with Crippen LogP contribution in [0.5, 0.6) is 11.8 Å². The minimum absolute atomic E-state index is 0.497. The molecule has 0 atom stereocenters. The molecular formula is C11H12BrNO2. The van der Waals surface area contributed by atoms with Gasteiger partial charge in [-0.25, -0.2) is 0 Å². The van der Waals surface area contributed by atoms with Crippen LogP contribution in [0.3, 0.4) is 0 Å². The van der Waals surface area contributed by atoms with Crippen molar-refractivity contribution in [2.75, 3.05) is 19.5 Å². The molecule has 0 radical (unpaired) electrons. The normalized spacial score (nSPS) is 9.00. The van der Waals surface area contributed by atoms with Gasteiger partial charge < -0.3 is 9.47 Å². The minimum Gasteiger partial charge on any atom is -0.481 e. The van der Waals surface area contributed by atoms with Gasteiger partial charge in [-0.05, 0) is 6.07 Å². The lowest BCUT2D eigenvalue weighted by atomic mass is 10.2. The molecule has 0 aliphatic rings. The van der Waals surface area contributed by atoms with Crippen molar-refractivity contribution in [3.8, 4) is 23.6 Å². The second kappa shape index (κ2) is 6.31. The van der Waals surface area contributed by atoms with Crippen molar-refractivity contribution >= 4 is 15.9 Å². The molecule has 1 rings (SSSR count). The lowest BCUT2D eigenvalue weighted by Crippen LogP contribution is -1.94. The molecule has 3 nitrogen and oxygen atoms in total. The third-order valence-electron chi connectivity index (χ3n) is 1.68. The molecule has 0 saturated heterocycles. The van der Waals surface area contributed by atoms with Crippen LogP contribution in [0.2, 0.25) is 0 Å². The van der Waals surface area contributed by atoms with E-state index in [1.807, 2.05) is 6.07 Å². The van der Waals surface area contributed by atoms with E-state index >= 15 is 0 Å². The van der Waals surface area contributed by atoms with Crippen LogP contribution in [0.4, 0.5) is 0 Å². The van der Waals surface area contributed by atoms with Crippen molar-refractivity contribution in [1.82, 2.24) is 4.98 Å². The highest BCUT2D eigenvalue weighted by Gasteiger charge is 2.03. The van der Waals surface area contributed by atoms with E-state index in [1.165, 1.54) is 0 Å². The number of ether oxygens (including phenoxy) is 2. The molecule has 1 aromatic rings. The second-order valence-electron chi connectivity index (χ2n) is 2.65. The summed E-state index contributed by atoms with van der Waals surface area (Å²) in [4.78, 5) is 4.13. The fourth-order valence-electron chi connectivity index (χ4n) is 0.993. The van der Waals surface area contributed by atoms with Crippen molar-refractivity contribution in [1.29, 1.82) is 0 Å². The number of rotatable bonds is 3. The first-order chi connectivity index (χ1) is 7.31. The van der Waals surface area contributed by atoms with Gasteiger partial charge in [0.2, 0.25) is 11.8 Å². The van der Waals surface area contributed by atoms with Crippen LogP contribution >= 0.6 is 15.9 Å². The van der Waals surface area contributed by atoms with Crippen LogP contribution in [-0.4, -0.2) is 24.5 Å². The summed E-state index contributed by atoms with van der Waals surface area (Å²) in [5.74, 6) is 7.02. The van der Waals surface area contributed by atoms with Gasteiger partial charge in [-0.2, -0.15) is 4.98 Å². The van der Waals surface area contributed by atoms with Gasteiger partial charge >= 0.3 is 0 Å². The van der Waals surface area contributed by atoms with E-state index in [0.717, 1.165) is 17.3 Å². The molecule has 1 heterocycles. The Balaban J connectivity index is 2.93. The van der Waals surface area contributed by atoms with E-state index in [9.17, 15) is 0 Å². The summed E-state index contributed by atoms with van der Waals surface area (Å²) in [5, 5.41) is 0.867. The molecule has 0 N–H and O–H groups in total. The summed E-state index contributed by atoms with van der Waals surface area (Å²) < 4.78 is 10.1. The summed E-state index contributed by atoms with van der Waals surface area (Å²) in [7, 11) is 3.13. The zero-order valence-electron chi connectivity index (χ0n) is 8.71. The van der Waals surface area contributed by atoms with E-state index < -0.39 is 0 Å². The number of aromatic nitrogens is 1. The largest absolute Gasteiger partial charge is 0.481 e. The minimum atomic E-state index is 0.497. The zero-order valence-corrected chi connectivity index (χ0v) is 10.3. The number of pyridine rings is 1. The maximum absolute atomic E-state index is 5.11. The monoisotopic (exact) mass is 269 g/mol. The zero-order chi connectivity index (χ0) is 11.1. The van der Waals surface area contributed by atoms with Gasteiger partial charge in [-0.15, -0.1) is 0 Å². The maximum Gasteiger partial charge on any atom is 0.232 e. The van der Waals surface area contributed by atoms with Gasteiger partial charge in [0.15, 0.2) is 0 Å². The first kappa shape index (κ1) is 11.9. The van der Waals surface area contributed by atoms with E-state index in [1.54, 1.807) is 20.3 Å². The van der Waals surface area contributed by atoms with Crippen molar-refractivity contribution in [3.05, 3.63) is 17.7 Å². The predicted molar refractivity (Wildman–Crippen MR) is 62.6 cm³/mol. The van der Waals surface area contributed by atoms with Gasteiger partial charge in [0.1, 0.15) is 0 Å². The molecular weight excluding hydrogens is 258 g/mol.